The maximum atomic E-state index is 13.2. The van der Waals surface area contributed by atoms with Gasteiger partial charge in [0.2, 0.25) is 5.78 Å². The van der Waals surface area contributed by atoms with Gasteiger partial charge in [0, 0.05) is 11.1 Å². The number of esters is 1. The average molecular weight is 384 g/mol. The molecule has 0 aromatic heterocycles. The third-order valence-electron chi connectivity index (χ3n) is 4.08. The first kappa shape index (κ1) is 19.4. The molecule has 0 heterocycles. The number of hydrogen-bond donors (Lipinski definition) is 0. The van der Waals surface area contributed by atoms with Crippen molar-refractivity contribution in [1.82, 2.24) is 0 Å². The molecule has 0 radical (unpaired) electrons. The fourth-order valence-electron chi connectivity index (χ4n) is 2.73. The molecule has 0 bridgehead atoms. The topological polar surface area (TPSA) is 43.4 Å². The molecule has 0 saturated carbocycles. The van der Waals surface area contributed by atoms with Crippen LogP contribution in [0.1, 0.15) is 37.9 Å². The number of carbonyl (C=O) groups excluding carboxylic acids is 2. The van der Waals surface area contributed by atoms with Gasteiger partial charge in [-0.3, -0.25) is 4.79 Å². The maximum absolute atomic E-state index is 13.2. The second kappa shape index (κ2) is 8.08. The molecule has 142 valence electrons. The summed E-state index contributed by atoms with van der Waals surface area (Å²) in [5.41, 5.74) is -1.10. The smallest absolute Gasteiger partial charge is 0.417 e. The van der Waals surface area contributed by atoms with E-state index in [9.17, 15) is 22.8 Å². The fourth-order valence-corrected chi connectivity index (χ4v) is 2.73. The molecule has 6 heteroatoms. The van der Waals surface area contributed by atoms with Crippen molar-refractivity contribution >= 4 is 11.8 Å². The zero-order valence-electron chi connectivity index (χ0n) is 14.5. The lowest BCUT2D eigenvalue weighted by atomic mass is 9.99. The summed E-state index contributed by atoms with van der Waals surface area (Å²) >= 11 is 0. The molecule has 1 atom stereocenters. The summed E-state index contributed by atoms with van der Waals surface area (Å²) in [7, 11) is 0. The molecule has 28 heavy (non-hydrogen) atoms. The van der Waals surface area contributed by atoms with Gasteiger partial charge in [-0.1, -0.05) is 72.8 Å². The van der Waals surface area contributed by atoms with Crippen LogP contribution in [0.25, 0.3) is 0 Å². The first-order valence-corrected chi connectivity index (χ1v) is 8.39. The van der Waals surface area contributed by atoms with E-state index < -0.39 is 35.2 Å². The highest BCUT2D eigenvalue weighted by Crippen LogP contribution is 2.33. The Morgan fingerprint density at radius 3 is 1.89 bits per heavy atom. The Morgan fingerprint density at radius 1 is 0.750 bits per heavy atom. The summed E-state index contributed by atoms with van der Waals surface area (Å²) in [6, 6.07) is 20.6. The lowest BCUT2D eigenvalue weighted by molar-refractivity contribution is -0.138. The van der Waals surface area contributed by atoms with Gasteiger partial charge in [0.05, 0.1) is 11.1 Å². The van der Waals surface area contributed by atoms with Crippen LogP contribution in [0.5, 0.6) is 0 Å². The van der Waals surface area contributed by atoms with Crippen molar-refractivity contribution in [3.63, 3.8) is 0 Å². The van der Waals surface area contributed by atoms with Gasteiger partial charge in [-0.2, -0.15) is 13.2 Å². The van der Waals surface area contributed by atoms with Gasteiger partial charge in [0.1, 0.15) is 0 Å². The number of halogens is 3. The highest BCUT2D eigenvalue weighted by atomic mass is 19.4. The zero-order valence-corrected chi connectivity index (χ0v) is 14.5. The molecule has 3 nitrogen and oxygen atoms in total. The number of carbonyl (C=O) groups is 2. The number of Topliss-reactive ketones (excluding diaryl/α,β-unsaturated/α-hetero) is 1. The third kappa shape index (κ3) is 4.28. The Labute approximate surface area is 159 Å². The number of hydrogen-bond acceptors (Lipinski definition) is 3. The normalized spacial score (nSPS) is 12.2. The van der Waals surface area contributed by atoms with Crippen LogP contribution < -0.4 is 0 Å². The van der Waals surface area contributed by atoms with Crippen molar-refractivity contribution in [1.29, 1.82) is 0 Å². The molecule has 0 spiro atoms. The molecule has 3 aromatic rings. The van der Waals surface area contributed by atoms with Gasteiger partial charge in [-0.15, -0.1) is 0 Å². The Bertz CT molecular complexity index is 967. The van der Waals surface area contributed by atoms with Gasteiger partial charge in [0.15, 0.2) is 6.10 Å². The summed E-state index contributed by atoms with van der Waals surface area (Å²) in [6.07, 6.45) is -6.08. The molecule has 0 aliphatic heterocycles. The molecule has 3 aromatic carbocycles. The highest BCUT2D eigenvalue weighted by Gasteiger charge is 2.36. The first-order chi connectivity index (χ1) is 13.4. The van der Waals surface area contributed by atoms with Crippen LogP contribution in [0, 0.1) is 0 Å². The molecule has 0 unspecified atom stereocenters. The Balaban J connectivity index is 1.97. The van der Waals surface area contributed by atoms with E-state index in [4.69, 9.17) is 4.74 Å². The number of ketones is 1. The Morgan fingerprint density at radius 2 is 1.29 bits per heavy atom. The summed E-state index contributed by atoms with van der Waals surface area (Å²) in [4.78, 5) is 25.5. The molecular formula is C22H15F3O3. The zero-order chi connectivity index (χ0) is 20.1. The quantitative estimate of drug-likeness (QED) is 0.432. The molecular weight excluding hydrogens is 369 g/mol. The molecule has 0 aliphatic rings. The SMILES string of the molecule is O=C(O[C@H](C(=O)c1ccccc1)c1ccccc1)c1ccccc1C(F)(F)F. The van der Waals surface area contributed by atoms with E-state index in [1.54, 1.807) is 60.7 Å². The van der Waals surface area contributed by atoms with Crippen molar-refractivity contribution in [2.45, 2.75) is 12.3 Å². The van der Waals surface area contributed by atoms with E-state index >= 15 is 0 Å². The summed E-state index contributed by atoms with van der Waals surface area (Å²) in [6.45, 7) is 0. The summed E-state index contributed by atoms with van der Waals surface area (Å²) in [5, 5.41) is 0. The van der Waals surface area contributed by atoms with Crippen LogP contribution >= 0.6 is 0 Å². The maximum Gasteiger partial charge on any atom is 0.417 e. The van der Waals surface area contributed by atoms with Crippen molar-refractivity contribution in [3.05, 3.63) is 107 Å². The monoisotopic (exact) mass is 384 g/mol. The fraction of sp³-hybridized carbons (Fsp3) is 0.0909. The van der Waals surface area contributed by atoms with E-state index in [0.717, 1.165) is 12.1 Å². The lowest BCUT2D eigenvalue weighted by Gasteiger charge is -2.19. The summed E-state index contributed by atoms with van der Waals surface area (Å²) in [5.74, 6) is -1.74. The van der Waals surface area contributed by atoms with Gasteiger partial charge in [-0.05, 0) is 12.1 Å². The van der Waals surface area contributed by atoms with Crippen molar-refractivity contribution in [3.8, 4) is 0 Å². The largest absolute Gasteiger partial charge is 0.445 e. The number of rotatable bonds is 5. The standard InChI is InChI=1S/C22H15F3O3/c23-22(24,25)18-14-8-7-13-17(18)21(27)28-20(16-11-5-2-6-12-16)19(26)15-9-3-1-4-10-15/h1-14,20H/t20-/m0/s1. The second-order valence-corrected chi connectivity index (χ2v) is 5.97. The van der Waals surface area contributed by atoms with Crippen LogP contribution in [0.2, 0.25) is 0 Å². The van der Waals surface area contributed by atoms with E-state index in [2.05, 4.69) is 0 Å². The van der Waals surface area contributed by atoms with Crippen LogP contribution in [-0.4, -0.2) is 11.8 Å². The molecule has 0 saturated heterocycles. The number of alkyl halides is 3. The lowest BCUT2D eigenvalue weighted by Crippen LogP contribution is -2.22. The Kier molecular flexibility index (Phi) is 5.59. The van der Waals surface area contributed by atoms with Crippen LogP contribution in [0.15, 0.2) is 84.9 Å². The van der Waals surface area contributed by atoms with E-state index in [0.29, 0.717) is 5.56 Å². The van der Waals surface area contributed by atoms with Crippen LogP contribution in [0.4, 0.5) is 13.2 Å². The van der Waals surface area contributed by atoms with Gasteiger partial charge in [-0.25, -0.2) is 4.79 Å². The minimum atomic E-state index is -4.72. The third-order valence-corrected chi connectivity index (χ3v) is 4.08. The van der Waals surface area contributed by atoms with E-state index in [1.165, 1.54) is 12.1 Å². The van der Waals surface area contributed by atoms with Crippen LogP contribution in [-0.2, 0) is 10.9 Å². The minimum Gasteiger partial charge on any atom is -0.445 e. The number of ether oxygens (including phenoxy) is 1. The van der Waals surface area contributed by atoms with Crippen molar-refractivity contribution in [2.24, 2.45) is 0 Å². The second-order valence-electron chi connectivity index (χ2n) is 5.97. The molecule has 3 rings (SSSR count). The number of benzene rings is 3. The minimum absolute atomic E-state index is 0.285. The Hall–Kier alpha value is -3.41. The first-order valence-electron chi connectivity index (χ1n) is 8.39. The molecule has 0 N–H and O–H groups in total. The van der Waals surface area contributed by atoms with E-state index in [1.807, 2.05) is 0 Å². The molecule has 0 amide bonds. The van der Waals surface area contributed by atoms with Gasteiger partial charge >= 0.3 is 12.1 Å². The molecule has 0 fully saturated rings. The van der Waals surface area contributed by atoms with E-state index in [-0.39, 0.29) is 5.56 Å². The van der Waals surface area contributed by atoms with Crippen LogP contribution in [0.3, 0.4) is 0 Å². The predicted octanol–water partition coefficient (Wildman–Crippen LogP) is 5.49. The van der Waals surface area contributed by atoms with Gasteiger partial charge < -0.3 is 4.74 Å². The predicted molar refractivity (Wildman–Crippen MR) is 96.8 cm³/mol. The van der Waals surface area contributed by atoms with Gasteiger partial charge in [0.25, 0.3) is 0 Å². The van der Waals surface area contributed by atoms with Crippen molar-refractivity contribution in [2.75, 3.05) is 0 Å². The average Bonchev–Trinajstić information content (AvgIpc) is 2.72. The van der Waals surface area contributed by atoms with Crippen molar-refractivity contribution < 1.29 is 27.5 Å². The molecule has 0 aliphatic carbocycles. The summed E-state index contributed by atoms with van der Waals surface area (Å²) < 4.78 is 44.9. The highest BCUT2D eigenvalue weighted by molar-refractivity contribution is 6.02.